The lowest BCUT2D eigenvalue weighted by Crippen LogP contribution is -2.06. The van der Waals surface area contributed by atoms with Crippen molar-refractivity contribution in [3.63, 3.8) is 0 Å². The molecular formula is C56H84N2. The zero-order valence-electron chi connectivity index (χ0n) is 37.5. The van der Waals surface area contributed by atoms with Crippen LogP contribution in [0.25, 0.3) is 0 Å². The van der Waals surface area contributed by atoms with Gasteiger partial charge in [0.25, 0.3) is 0 Å². The van der Waals surface area contributed by atoms with Gasteiger partial charge in [0.05, 0.1) is 0 Å². The van der Waals surface area contributed by atoms with Crippen LogP contribution in [0.4, 0.5) is 11.4 Å². The monoisotopic (exact) mass is 785 g/mol. The topological polar surface area (TPSA) is 52.0 Å². The third kappa shape index (κ3) is 17.8. The van der Waals surface area contributed by atoms with Crippen LogP contribution in [-0.4, -0.2) is 0 Å². The van der Waals surface area contributed by atoms with Crippen molar-refractivity contribution < 1.29 is 0 Å². The molecule has 0 saturated heterocycles. The maximum Gasteiger partial charge on any atom is 0.0314 e. The summed E-state index contributed by atoms with van der Waals surface area (Å²) in [6.45, 7) is 6.93. The Morgan fingerprint density at radius 1 is 0.310 bits per heavy atom. The molecule has 58 heavy (non-hydrogen) atoms. The van der Waals surface area contributed by atoms with Crippen LogP contribution in [0, 0.1) is 0 Å². The van der Waals surface area contributed by atoms with Gasteiger partial charge >= 0.3 is 0 Å². The average molecular weight is 785 g/mol. The van der Waals surface area contributed by atoms with Gasteiger partial charge < -0.3 is 11.5 Å². The zero-order valence-corrected chi connectivity index (χ0v) is 37.5. The Balaban J connectivity index is 1.37. The van der Waals surface area contributed by atoms with E-state index in [2.05, 4.69) is 118 Å². The minimum Gasteiger partial charge on any atom is -0.399 e. The molecule has 0 bridgehead atoms. The van der Waals surface area contributed by atoms with E-state index in [1.807, 2.05) is 0 Å². The number of hydrogen-bond acceptors (Lipinski definition) is 2. The Morgan fingerprint density at radius 3 is 0.966 bits per heavy atom. The smallest absolute Gasteiger partial charge is 0.0314 e. The van der Waals surface area contributed by atoms with Gasteiger partial charge in [-0.25, -0.2) is 0 Å². The second kappa shape index (κ2) is 28.8. The van der Waals surface area contributed by atoms with Crippen molar-refractivity contribution >= 4 is 11.4 Å². The Labute approximate surface area is 357 Å². The van der Waals surface area contributed by atoms with Crippen LogP contribution < -0.4 is 11.5 Å². The summed E-state index contributed by atoms with van der Waals surface area (Å²) in [6.07, 6.45) is 34.7. The van der Waals surface area contributed by atoms with E-state index in [9.17, 15) is 0 Å². The van der Waals surface area contributed by atoms with E-state index in [0.717, 1.165) is 17.8 Å². The molecule has 0 heterocycles. The highest BCUT2D eigenvalue weighted by atomic mass is 14.5. The van der Waals surface area contributed by atoms with Gasteiger partial charge in [0, 0.05) is 23.2 Å². The van der Waals surface area contributed by atoms with Gasteiger partial charge in [-0.15, -0.1) is 0 Å². The summed E-state index contributed by atoms with van der Waals surface area (Å²) in [6, 6.07) is 36.8. The lowest BCUT2D eigenvalue weighted by Gasteiger charge is -2.22. The summed E-state index contributed by atoms with van der Waals surface area (Å²) in [7, 11) is 0. The first-order valence-electron chi connectivity index (χ1n) is 24.4. The number of rotatable bonds is 32. The van der Waals surface area contributed by atoms with E-state index in [1.54, 1.807) is 0 Å². The number of nitrogens with two attached hydrogens (primary N) is 2. The molecule has 4 aromatic carbocycles. The molecule has 0 fully saturated rings. The van der Waals surface area contributed by atoms with Crippen LogP contribution in [0.1, 0.15) is 232 Å². The largest absolute Gasteiger partial charge is 0.399 e. The molecule has 0 aliphatic heterocycles. The van der Waals surface area contributed by atoms with Gasteiger partial charge in [0.2, 0.25) is 0 Å². The predicted octanol–water partition coefficient (Wildman–Crippen LogP) is 17.3. The molecule has 2 heteroatoms. The Bertz CT molecular complexity index is 1570. The normalized spacial score (nSPS) is 13.1. The SMILES string of the molecule is CCCCCCCCCCCCC(c1ccc(N)cc1)c1ccc(CC(CCCC)c2ccc(C(CCCCCCCCCCCC)c3ccc(N)cc3)cc2)cc1. The maximum atomic E-state index is 6.13. The molecule has 0 radical (unpaired) electrons. The molecule has 0 aliphatic carbocycles. The zero-order chi connectivity index (χ0) is 41.0. The minimum absolute atomic E-state index is 0.416. The third-order valence-electron chi connectivity index (χ3n) is 13.0. The Morgan fingerprint density at radius 2 is 0.603 bits per heavy atom. The molecule has 0 spiro atoms. The highest BCUT2D eigenvalue weighted by molar-refractivity contribution is 5.44. The predicted molar refractivity (Wildman–Crippen MR) is 257 cm³/mol. The van der Waals surface area contributed by atoms with Crippen LogP contribution in [-0.2, 0) is 6.42 Å². The van der Waals surface area contributed by atoms with Gasteiger partial charge in [-0.2, -0.15) is 0 Å². The lowest BCUT2D eigenvalue weighted by atomic mass is 9.83. The number of hydrogen-bond donors (Lipinski definition) is 2. The molecule has 4 rings (SSSR count). The van der Waals surface area contributed by atoms with Crippen molar-refractivity contribution in [2.24, 2.45) is 0 Å². The molecule has 2 nitrogen and oxygen atoms in total. The van der Waals surface area contributed by atoms with Gasteiger partial charge in [0.1, 0.15) is 0 Å². The third-order valence-corrected chi connectivity index (χ3v) is 13.0. The molecule has 0 amide bonds. The molecular weight excluding hydrogens is 701 g/mol. The standard InChI is InChI=1S/C56H84N2/c1-4-7-10-12-14-16-18-20-22-24-27-55(50-37-41-53(57)42-38-50)48-31-29-46(30-32-48)45-52(26-9-6-3)47-33-35-49(36-34-47)56(51-39-43-54(58)44-40-51)28-25-23-21-19-17-15-13-11-8-5-2/h29-44,52,55-56H,4-28,45,57-58H2,1-3H3. The first-order chi connectivity index (χ1) is 28.5. The van der Waals surface area contributed by atoms with Gasteiger partial charge in [-0.1, -0.05) is 235 Å². The van der Waals surface area contributed by atoms with Crippen molar-refractivity contribution in [3.05, 3.63) is 130 Å². The second-order valence-electron chi connectivity index (χ2n) is 17.8. The quantitative estimate of drug-likeness (QED) is 0.0383. The number of nitrogen functional groups attached to an aromatic ring is 2. The van der Waals surface area contributed by atoms with Crippen molar-refractivity contribution in [2.75, 3.05) is 11.5 Å². The van der Waals surface area contributed by atoms with Crippen LogP contribution in [0.15, 0.2) is 97.1 Å². The van der Waals surface area contributed by atoms with E-state index in [4.69, 9.17) is 11.5 Å². The fraction of sp³-hybridized carbons (Fsp3) is 0.571. The Hall–Kier alpha value is -3.52. The van der Waals surface area contributed by atoms with Crippen molar-refractivity contribution in [1.29, 1.82) is 0 Å². The van der Waals surface area contributed by atoms with Crippen molar-refractivity contribution in [1.82, 2.24) is 0 Å². The summed E-state index contributed by atoms with van der Waals surface area (Å²) in [5.41, 5.74) is 22.5. The summed E-state index contributed by atoms with van der Waals surface area (Å²) >= 11 is 0. The van der Waals surface area contributed by atoms with Crippen molar-refractivity contribution in [2.45, 2.75) is 205 Å². The summed E-state index contributed by atoms with van der Waals surface area (Å²) in [4.78, 5) is 0. The molecule has 318 valence electrons. The van der Waals surface area contributed by atoms with Crippen LogP contribution >= 0.6 is 0 Å². The Kier molecular flexibility index (Phi) is 23.4. The fourth-order valence-corrected chi connectivity index (χ4v) is 9.19. The molecule has 0 aliphatic rings. The van der Waals surface area contributed by atoms with Gasteiger partial charge in [0.15, 0.2) is 0 Å². The van der Waals surface area contributed by atoms with Gasteiger partial charge in [-0.3, -0.25) is 0 Å². The van der Waals surface area contributed by atoms with Crippen LogP contribution in [0.3, 0.4) is 0 Å². The average Bonchev–Trinajstić information content (AvgIpc) is 3.25. The lowest BCUT2D eigenvalue weighted by molar-refractivity contribution is 0.540. The van der Waals surface area contributed by atoms with E-state index in [0.29, 0.717) is 17.8 Å². The highest BCUT2D eigenvalue weighted by Crippen LogP contribution is 2.35. The van der Waals surface area contributed by atoms with E-state index in [-0.39, 0.29) is 0 Å². The van der Waals surface area contributed by atoms with Crippen LogP contribution in [0.2, 0.25) is 0 Å². The summed E-state index contributed by atoms with van der Waals surface area (Å²) in [5, 5.41) is 0. The first-order valence-corrected chi connectivity index (χ1v) is 24.4. The highest BCUT2D eigenvalue weighted by Gasteiger charge is 2.19. The number of anilines is 2. The van der Waals surface area contributed by atoms with E-state index in [1.165, 1.54) is 194 Å². The first kappa shape index (κ1) is 47.2. The molecule has 0 aromatic heterocycles. The van der Waals surface area contributed by atoms with Gasteiger partial charge in [-0.05, 0) is 89.2 Å². The molecule has 4 aromatic rings. The van der Waals surface area contributed by atoms with E-state index >= 15 is 0 Å². The molecule has 3 atom stereocenters. The maximum absolute atomic E-state index is 6.13. The second-order valence-corrected chi connectivity index (χ2v) is 17.8. The fourth-order valence-electron chi connectivity index (χ4n) is 9.19. The minimum atomic E-state index is 0.416. The molecule has 0 saturated carbocycles. The molecule has 3 unspecified atom stereocenters. The summed E-state index contributed by atoms with van der Waals surface area (Å²) in [5.74, 6) is 1.36. The van der Waals surface area contributed by atoms with Crippen LogP contribution in [0.5, 0.6) is 0 Å². The van der Waals surface area contributed by atoms with Crippen molar-refractivity contribution in [3.8, 4) is 0 Å². The number of benzene rings is 4. The number of unbranched alkanes of at least 4 members (excludes halogenated alkanes) is 19. The molecule has 4 N–H and O–H groups in total. The van der Waals surface area contributed by atoms with E-state index < -0.39 is 0 Å². The summed E-state index contributed by atoms with van der Waals surface area (Å²) < 4.78 is 0.